The van der Waals surface area contributed by atoms with Gasteiger partial charge in [0.05, 0.1) is 21.3 Å². The van der Waals surface area contributed by atoms with Gasteiger partial charge in [0.25, 0.3) is 0 Å². The number of ether oxygens (including phenoxy) is 3. The van der Waals surface area contributed by atoms with Gasteiger partial charge in [-0.1, -0.05) is 6.07 Å². The van der Waals surface area contributed by atoms with E-state index in [-0.39, 0.29) is 5.91 Å². The molecule has 1 aromatic rings. The van der Waals surface area contributed by atoms with E-state index in [9.17, 15) is 4.79 Å². The number of benzene rings is 1. The highest BCUT2D eigenvalue weighted by Crippen LogP contribution is 2.60. The van der Waals surface area contributed by atoms with E-state index >= 15 is 0 Å². The first-order valence-corrected chi connectivity index (χ1v) is 11.0. The van der Waals surface area contributed by atoms with Crippen LogP contribution in [0.5, 0.6) is 17.2 Å². The molecule has 5 nitrogen and oxygen atoms in total. The lowest BCUT2D eigenvalue weighted by Gasteiger charge is -2.57. The standard InChI is InChI=1S/C24H35NO4/c1-25(15-24-12-16-9-17(13-24)11-18(10-16)14-24)21(26)8-6-19-5-7-20(27-2)23(29-4)22(19)28-3/h5,7,16-18H,6,8-15H2,1-4H3. The van der Waals surface area contributed by atoms with Gasteiger partial charge in [-0.25, -0.2) is 0 Å². The van der Waals surface area contributed by atoms with Crippen molar-refractivity contribution in [3.8, 4) is 17.2 Å². The Morgan fingerprint density at radius 2 is 1.55 bits per heavy atom. The van der Waals surface area contributed by atoms with Crippen LogP contribution in [0.15, 0.2) is 12.1 Å². The summed E-state index contributed by atoms with van der Waals surface area (Å²) in [5, 5.41) is 0. The molecule has 160 valence electrons. The fourth-order valence-electron chi connectivity index (χ4n) is 6.87. The first-order chi connectivity index (χ1) is 14.0. The Hall–Kier alpha value is -1.91. The van der Waals surface area contributed by atoms with Crippen LogP contribution in [0.25, 0.3) is 0 Å². The largest absolute Gasteiger partial charge is 0.493 e. The van der Waals surface area contributed by atoms with Crippen molar-refractivity contribution in [2.24, 2.45) is 23.2 Å². The molecule has 1 aromatic carbocycles. The van der Waals surface area contributed by atoms with Gasteiger partial charge in [0, 0.05) is 20.0 Å². The van der Waals surface area contributed by atoms with Gasteiger partial charge in [-0.2, -0.15) is 0 Å². The SMILES string of the molecule is COc1ccc(CCC(=O)N(C)CC23CC4CC(CC(C4)C2)C3)c(OC)c1OC. The molecule has 0 heterocycles. The molecule has 5 rings (SSSR count). The number of hydrogen-bond acceptors (Lipinski definition) is 4. The van der Waals surface area contributed by atoms with Crippen LogP contribution in [0, 0.1) is 23.2 Å². The van der Waals surface area contributed by atoms with E-state index in [0.717, 1.165) is 29.9 Å². The number of amides is 1. The number of rotatable bonds is 8. The summed E-state index contributed by atoms with van der Waals surface area (Å²) in [6.07, 6.45) is 9.44. The molecule has 5 heteroatoms. The Morgan fingerprint density at radius 3 is 2.07 bits per heavy atom. The highest BCUT2D eigenvalue weighted by atomic mass is 16.5. The molecule has 4 saturated carbocycles. The lowest BCUT2D eigenvalue weighted by molar-refractivity contribution is -0.135. The summed E-state index contributed by atoms with van der Waals surface area (Å²) in [6.45, 7) is 0.929. The number of aryl methyl sites for hydroxylation is 1. The predicted octanol–water partition coefficient (Wildman–Crippen LogP) is 4.32. The number of hydrogen-bond donors (Lipinski definition) is 0. The van der Waals surface area contributed by atoms with Gasteiger partial charge >= 0.3 is 0 Å². The Balaban J connectivity index is 1.39. The van der Waals surface area contributed by atoms with Crippen molar-refractivity contribution in [2.45, 2.75) is 51.4 Å². The molecule has 4 aliphatic carbocycles. The summed E-state index contributed by atoms with van der Waals surface area (Å²) in [5.41, 5.74) is 1.36. The maximum Gasteiger partial charge on any atom is 0.222 e. The highest BCUT2D eigenvalue weighted by Gasteiger charge is 2.51. The van der Waals surface area contributed by atoms with Crippen molar-refractivity contribution in [1.82, 2.24) is 4.90 Å². The second-order valence-electron chi connectivity index (χ2n) is 9.66. The second kappa shape index (κ2) is 8.08. The summed E-state index contributed by atoms with van der Waals surface area (Å²) in [4.78, 5) is 14.9. The Morgan fingerprint density at radius 1 is 0.966 bits per heavy atom. The van der Waals surface area contributed by atoms with Gasteiger partial charge in [0.2, 0.25) is 11.7 Å². The highest BCUT2D eigenvalue weighted by molar-refractivity contribution is 5.76. The second-order valence-corrected chi connectivity index (χ2v) is 9.66. The average Bonchev–Trinajstić information content (AvgIpc) is 2.69. The summed E-state index contributed by atoms with van der Waals surface area (Å²) >= 11 is 0. The van der Waals surface area contributed by atoms with E-state index in [2.05, 4.69) is 0 Å². The molecule has 0 spiro atoms. The third-order valence-corrected chi connectivity index (χ3v) is 7.56. The van der Waals surface area contributed by atoms with Crippen molar-refractivity contribution in [2.75, 3.05) is 34.9 Å². The van der Waals surface area contributed by atoms with Gasteiger partial charge in [0.15, 0.2) is 11.5 Å². The van der Waals surface area contributed by atoms with Crippen molar-refractivity contribution in [3.05, 3.63) is 17.7 Å². The van der Waals surface area contributed by atoms with E-state index in [0.29, 0.717) is 35.5 Å². The number of nitrogens with zero attached hydrogens (tertiary/aromatic N) is 1. The summed E-state index contributed by atoms with van der Waals surface area (Å²) < 4.78 is 16.4. The predicted molar refractivity (Wildman–Crippen MR) is 113 cm³/mol. The van der Waals surface area contributed by atoms with E-state index in [1.807, 2.05) is 24.1 Å². The minimum absolute atomic E-state index is 0.220. The summed E-state index contributed by atoms with van der Waals surface area (Å²) in [6, 6.07) is 3.84. The van der Waals surface area contributed by atoms with Crippen LogP contribution in [-0.2, 0) is 11.2 Å². The first-order valence-electron chi connectivity index (χ1n) is 11.0. The minimum Gasteiger partial charge on any atom is -0.493 e. The molecule has 4 aliphatic rings. The average molecular weight is 402 g/mol. The molecule has 0 aliphatic heterocycles. The molecule has 29 heavy (non-hydrogen) atoms. The van der Waals surface area contributed by atoms with Crippen molar-refractivity contribution in [3.63, 3.8) is 0 Å². The summed E-state index contributed by atoms with van der Waals surface area (Å²) in [7, 11) is 6.84. The minimum atomic E-state index is 0.220. The number of carbonyl (C=O) groups is 1. The summed E-state index contributed by atoms with van der Waals surface area (Å²) in [5.74, 6) is 4.85. The molecule has 0 N–H and O–H groups in total. The van der Waals surface area contributed by atoms with E-state index in [1.165, 1.54) is 38.5 Å². The van der Waals surface area contributed by atoms with Gasteiger partial charge in [-0.05, 0) is 79.7 Å². The molecule has 0 unspecified atom stereocenters. The third-order valence-electron chi connectivity index (χ3n) is 7.56. The van der Waals surface area contributed by atoms with Crippen LogP contribution in [-0.4, -0.2) is 45.7 Å². The molecule has 4 fully saturated rings. The fourth-order valence-corrected chi connectivity index (χ4v) is 6.87. The molecule has 1 amide bonds. The lowest BCUT2D eigenvalue weighted by Crippen LogP contribution is -2.51. The normalized spacial score (nSPS) is 29.6. The van der Waals surface area contributed by atoms with Crippen LogP contribution >= 0.6 is 0 Å². The molecule has 0 aromatic heterocycles. The Labute approximate surface area is 174 Å². The first kappa shape index (κ1) is 20.4. The molecule has 0 atom stereocenters. The smallest absolute Gasteiger partial charge is 0.222 e. The van der Waals surface area contributed by atoms with Crippen LogP contribution in [0.4, 0.5) is 0 Å². The van der Waals surface area contributed by atoms with Gasteiger partial charge in [-0.15, -0.1) is 0 Å². The Bertz CT molecular complexity index is 724. The van der Waals surface area contributed by atoms with Gasteiger partial charge in [-0.3, -0.25) is 4.79 Å². The van der Waals surface area contributed by atoms with Crippen molar-refractivity contribution < 1.29 is 19.0 Å². The quantitative estimate of drug-likeness (QED) is 0.651. The number of methoxy groups -OCH3 is 3. The topological polar surface area (TPSA) is 48.0 Å². The molecular formula is C24H35NO4. The van der Waals surface area contributed by atoms with Gasteiger partial charge < -0.3 is 19.1 Å². The zero-order chi connectivity index (χ0) is 20.6. The maximum atomic E-state index is 12.9. The monoisotopic (exact) mass is 401 g/mol. The molecular weight excluding hydrogens is 366 g/mol. The van der Waals surface area contributed by atoms with Crippen LogP contribution in [0.2, 0.25) is 0 Å². The van der Waals surface area contributed by atoms with Crippen LogP contribution in [0.3, 0.4) is 0 Å². The van der Waals surface area contributed by atoms with Gasteiger partial charge in [0.1, 0.15) is 0 Å². The maximum absolute atomic E-state index is 12.9. The molecule has 0 saturated heterocycles. The third kappa shape index (κ3) is 3.93. The van der Waals surface area contributed by atoms with Crippen molar-refractivity contribution in [1.29, 1.82) is 0 Å². The van der Waals surface area contributed by atoms with E-state index in [1.54, 1.807) is 21.3 Å². The Kier molecular flexibility index (Phi) is 5.67. The number of carbonyl (C=O) groups excluding carboxylic acids is 1. The van der Waals surface area contributed by atoms with E-state index in [4.69, 9.17) is 14.2 Å². The lowest BCUT2D eigenvalue weighted by atomic mass is 9.49. The van der Waals surface area contributed by atoms with Crippen LogP contribution in [0.1, 0.15) is 50.5 Å². The zero-order valence-corrected chi connectivity index (χ0v) is 18.3. The fraction of sp³-hybridized carbons (Fsp3) is 0.708. The molecule has 0 radical (unpaired) electrons. The zero-order valence-electron chi connectivity index (χ0n) is 18.3. The van der Waals surface area contributed by atoms with Crippen molar-refractivity contribution >= 4 is 5.91 Å². The van der Waals surface area contributed by atoms with Crippen LogP contribution < -0.4 is 14.2 Å². The van der Waals surface area contributed by atoms with E-state index < -0.39 is 0 Å². The molecule has 4 bridgehead atoms.